The predicted molar refractivity (Wildman–Crippen MR) is 117 cm³/mol. The van der Waals surface area contributed by atoms with E-state index < -0.39 is 9.84 Å². The van der Waals surface area contributed by atoms with Crippen molar-refractivity contribution in [3.8, 4) is 0 Å². The first kappa shape index (κ1) is 21.5. The first-order valence-corrected chi connectivity index (χ1v) is 11.5. The van der Waals surface area contributed by atoms with Gasteiger partial charge in [0.05, 0.1) is 22.9 Å². The summed E-state index contributed by atoms with van der Waals surface area (Å²) in [7, 11) is -3.75. The fourth-order valence-electron chi connectivity index (χ4n) is 3.14. The van der Waals surface area contributed by atoms with Crippen LogP contribution in [0.3, 0.4) is 0 Å². The molecule has 0 aliphatic heterocycles. The maximum Gasteiger partial charge on any atom is 0.319 e. The molecule has 0 aliphatic rings. The highest BCUT2D eigenvalue weighted by atomic mass is 79.9. The van der Waals surface area contributed by atoms with Gasteiger partial charge in [0.25, 0.3) is 0 Å². The number of carbonyl (C=O) groups is 1. The molecule has 5 nitrogen and oxygen atoms in total. The zero-order valence-corrected chi connectivity index (χ0v) is 18.6. The van der Waals surface area contributed by atoms with Crippen LogP contribution in [-0.4, -0.2) is 27.5 Å². The Hall–Kier alpha value is -2.22. The number of esters is 1. The van der Waals surface area contributed by atoms with Crippen molar-refractivity contribution in [1.82, 2.24) is 5.32 Å². The number of hydrogen-bond donors (Lipinski definition) is 1. The Kier molecular flexibility index (Phi) is 6.72. The molecule has 0 saturated heterocycles. The van der Waals surface area contributed by atoms with Crippen molar-refractivity contribution in [1.29, 1.82) is 0 Å². The molecule has 0 spiro atoms. The van der Waals surface area contributed by atoms with Crippen molar-refractivity contribution in [3.05, 3.63) is 70.2 Å². The average molecular weight is 476 g/mol. The molecule has 0 aromatic heterocycles. The number of nitrogens with one attached hydrogen (secondary N) is 1. The molecular formula is C22H22BrNO4S. The maximum absolute atomic E-state index is 13.4. The molecule has 29 heavy (non-hydrogen) atoms. The number of fused-ring (bicyclic) bond motifs is 1. The lowest BCUT2D eigenvalue weighted by Gasteiger charge is -2.16. The molecule has 1 N–H and O–H groups in total. The third-order valence-electron chi connectivity index (χ3n) is 4.56. The van der Waals surface area contributed by atoms with Crippen molar-refractivity contribution in [2.24, 2.45) is 0 Å². The Balaban J connectivity index is 2.10. The summed E-state index contributed by atoms with van der Waals surface area (Å²) in [6, 6.07) is 16.0. The molecule has 0 heterocycles. The lowest BCUT2D eigenvalue weighted by molar-refractivity contribution is -0.142. The minimum Gasteiger partial charge on any atom is -0.465 e. The van der Waals surface area contributed by atoms with Gasteiger partial charge in [0.15, 0.2) is 0 Å². The second-order valence-electron chi connectivity index (χ2n) is 6.61. The first-order valence-electron chi connectivity index (χ1n) is 9.22. The van der Waals surface area contributed by atoms with Crippen molar-refractivity contribution in [3.63, 3.8) is 0 Å². The van der Waals surface area contributed by atoms with Gasteiger partial charge in [-0.2, -0.15) is 0 Å². The Morgan fingerprint density at radius 1 is 1.07 bits per heavy atom. The van der Waals surface area contributed by atoms with Crippen molar-refractivity contribution >= 4 is 42.5 Å². The highest BCUT2D eigenvalue weighted by Crippen LogP contribution is 2.35. The number of sulfone groups is 1. The van der Waals surface area contributed by atoms with E-state index in [1.807, 2.05) is 31.2 Å². The number of halogens is 1. The van der Waals surface area contributed by atoms with Gasteiger partial charge in [-0.3, -0.25) is 4.79 Å². The quantitative estimate of drug-likeness (QED) is 0.512. The fourth-order valence-corrected chi connectivity index (χ4v) is 5.39. The van der Waals surface area contributed by atoms with Crippen LogP contribution in [-0.2, 0) is 25.9 Å². The molecule has 3 aromatic rings. The minimum atomic E-state index is -3.75. The average Bonchev–Trinajstić information content (AvgIpc) is 2.70. The van der Waals surface area contributed by atoms with Gasteiger partial charge in [-0.25, -0.2) is 8.42 Å². The molecule has 0 aliphatic carbocycles. The summed E-state index contributed by atoms with van der Waals surface area (Å²) in [6.45, 7) is 4.17. The molecule has 0 bridgehead atoms. The second kappa shape index (κ2) is 9.07. The van der Waals surface area contributed by atoms with Crippen LogP contribution in [0.15, 0.2) is 68.9 Å². The molecule has 0 radical (unpaired) electrons. The largest absolute Gasteiger partial charge is 0.465 e. The van der Waals surface area contributed by atoms with E-state index in [1.54, 1.807) is 37.3 Å². The molecule has 3 rings (SSSR count). The van der Waals surface area contributed by atoms with Crippen LogP contribution >= 0.6 is 15.9 Å². The van der Waals surface area contributed by atoms with E-state index in [4.69, 9.17) is 4.74 Å². The minimum absolute atomic E-state index is 0.00223. The van der Waals surface area contributed by atoms with Gasteiger partial charge in [0.1, 0.15) is 0 Å². The van der Waals surface area contributed by atoms with Gasteiger partial charge in [-0.05, 0) is 48.4 Å². The van der Waals surface area contributed by atoms with Crippen LogP contribution in [0, 0.1) is 6.92 Å². The van der Waals surface area contributed by atoms with E-state index in [-0.39, 0.29) is 28.8 Å². The van der Waals surface area contributed by atoms with E-state index in [2.05, 4.69) is 21.2 Å². The van der Waals surface area contributed by atoms with Crippen LogP contribution in [0.25, 0.3) is 10.8 Å². The Bertz CT molecular complexity index is 1140. The molecule has 3 aromatic carbocycles. The van der Waals surface area contributed by atoms with Crippen LogP contribution in [0.5, 0.6) is 0 Å². The summed E-state index contributed by atoms with van der Waals surface area (Å²) in [4.78, 5) is 12.1. The number of hydrogen-bond acceptors (Lipinski definition) is 5. The van der Waals surface area contributed by atoms with Crippen molar-refractivity contribution in [2.45, 2.75) is 30.2 Å². The van der Waals surface area contributed by atoms with E-state index in [1.165, 1.54) is 0 Å². The number of aryl methyl sites for hydroxylation is 1. The molecule has 152 valence electrons. The lowest BCUT2D eigenvalue weighted by Crippen LogP contribution is -2.25. The predicted octanol–water partition coefficient (Wildman–Crippen LogP) is 4.40. The Morgan fingerprint density at radius 3 is 2.38 bits per heavy atom. The highest BCUT2D eigenvalue weighted by molar-refractivity contribution is 9.10. The molecule has 0 atom stereocenters. The summed E-state index contributed by atoms with van der Waals surface area (Å²) in [5.74, 6) is -0.378. The van der Waals surface area contributed by atoms with E-state index in [0.29, 0.717) is 16.6 Å². The number of ether oxygens (including phenoxy) is 1. The topological polar surface area (TPSA) is 72.5 Å². The molecular weight excluding hydrogens is 454 g/mol. The van der Waals surface area contributed by atoms with Gasteiger partial charge < -0.3 is 10.1 Å². The van der Waals surface area contributed by atoms with Gasteiger partial charge in [-0.1, -0.05) is 57.9 Å². The summed E-state index contributed by atoms with van der Waals surface area (Å²) in [5.41, 5.74) is 1.61. The zero-order chi connectivity index (χ0) is 21.0. The van der Waals surface area contributed by atoms with Crippen LogP contribution in [0.1, 0.15) is 18.1 Å². The third-order valence-corrected chi connectivity index (χ3v) is 7.05. The van der Waals surface area contributed by atoms with Gasteiger partial charge >= 0.3 is 5.97 Å². The van der Waals surface area contributed by atoms with Crippen LogP contribution in [0.4, 0.5) is 0 Å². The molecule has 0 saturated carbocycles. The maximum atomic E-state index is 13.4. The zero-order valence-electron chi connectivity index (χ0n) is 16.2. The fraction of sp³-hybridized carbons (Fsp3) is 0.227. The number of carbonyl (C=O) groups excluding carboxylic acids is 1. The Morgan fingerprint density at radius 2 is 1.72 bits per heavy atom. The molecule has 7 heteroatoms. The number of rotatable bonds is 7. The second-order valence-corrected chi connectivity index (χ2v) is 9.38. The van der Waals surface area contributed by atoms with Gasteiger partial charge in [0, 0.05) is 11.0 Å². The van der Waals surface area contributed by atoms with Gasteiger partial charge in [0.2, 0.25) is 9.84 Å². The monoisotopic (exact) mass is 475 g/mol. The highest BCUT2D eigenvalue weighted by Gasteiger charge is 2.24. The number of benzene rings is 3. The van der Waals surface area contributed by atoms with Crippen LogP contribution < -0.4 is 5.32 Å². The standard InChI is InChI=1S/C22H22BrNO4S/c1-3-28-22(25)14-24-13-19-17-6-4-5-7-18(17)20(23)12-21(19)29(26,27)16-10-8-15(2)9-11-16/h4-12,24H,3,13-14H2,1-2H3. The van der Waals surface area contributed by atoms with E-state index >= 15 is 0 Å². The van der Waals surface area contributed by atoms with Crippen molar-refractivity contribution in [2.75, 3.05) is 13.2 Å². The summed E-state index contributed by atoms with van der Waals surface area (Å²) >= 11 is 3.51. The smallest absolute Gasteiger partial charge is 0.319 e. The molecule has 0 amide bonds. The van der Waals surface area contributed by atoms with Gasteiger partial charge in [-0.15, -0.1) is 0 Å². The normalized spacial score (nSPS) is 11.6. The van der Waals surface area contributed by atoms with Crippen molar-refractivity contribution < 1.29 is 17.9 Å². The Labute approximate surface area is 179 Å². The molecule has 0 unspecified atom stereocenters. The van der Waals surface area contributed by atoms with Crippen LogP contribution in [0.2, 0.25) is 0 Å². The third kappa shape index (κ3) is 4.69. The van der Waals surface area contributed by atoms with E-state index in [0.717, 1.165) is 16.3 Å². The summed E-state index contributed by atoms with van der Waals surface area (Å²) in [5, 5.41) is 4.73. The summed E-state index contributed by atoms with van der Waals surface area (Å²) < 4.78 is 32.5. The SMILES string of the molecule is CCOC(=O)CNCc1c(S(=O)(=O)c2ccc(C)cc2)cc(Br)c2ccccc12. The molecule has 0 fully saturated rings. The van der Waals surface area contributed by atoms with E-state index in [9.17, 15) is 13.2 Å². The summed E-state index contributed by atoms with van der Waals surface area (Å²) in [6.07, 6.45) is 0. The lowest BCUT2D eigenvalue weighted by atomic mass is 10.0. The first-order chi connectivity index (χ1) is 13.8.